The maximum absolute atomic E-state index is 8.11. The normalized spacial score (nSPS) is 13.5. The average molecular weight is 210 g/mol. The van der Waals surface area contributed by atoms with Crippen molar-refractivity contribution in [3.05, 3.63) is 0 Å². The Morgan fingerprint density at radius 1 is 1.40 bits per heavy atom. The molecule has 0 aliphatic heterocycles. The summed E-state index contributed by atoms with van der Waals surface area (Å²) in [6.07, 6.45) is -0.560. The molecule has 2 nitrogen and oxygen atoms in total. The second kappa shape index (κ2) is 6.50. The standard InChI is InChI=1S/C3H8O2.C2H3Cl3/c1-3(5)2-4;1-2(3,4)5/h3-5H,2H2,1H3;1H3. The highest BCUT2D eigenvalue weighted by atomic mass is 35.6. The van der Waals surface area contributed by atoms with Gasteiger partial charge in [0.2, 0.25) is 0 Å². The first-order valence-electron chi connectivity index (χ1n) is 2.63. The predicted molar refractivity (Wildman–Crippen MR) is 44.7 cm³/mol. The van der Waals surface area contributed by atoms with Crippen LogP contribution >= 0.6 is 34.8 Å². The van der Waals surface area contributed by atoms with E-state index in [1.807, 2.05) is 0 Å². The molecule has 10 heavy (non-hydrogen) atoms. The molecular weight excluding hydrogens is 198 g/mol. The minimum atomic E-state index is -1.08. The largest absolute Gasteiger partial charge is 0.394 e. The molecule has 0 aromatic heterocycles. The molecule has 0 saturated carbocycles. The Labute approximate surface area is 75.7 Å². The van der Waals surface area contributed by atoms with E-state index in [-0.39, 0.29) is 6.61 Å². The van der Waals surface area contributed by atoms with Gasteiger partial charge >= 0.3 is 0 Å². The van der Waals surface area contributed by atoms with Gasteiger partial charge in [0.15, 0.2) is 3.79 Å². The molecule has 1 unspecified atom stereocenters. The van der Waals surface area contributed by atoms with Crippen LogP contribution in [0.2, 0.25) is 0 Å². The Bertz CT molecular complexity index is 63.8. The Balaban J connectivity index is 0. The summed E-state index contributed by atoms with van der Waals surface area (Å²) < 4.78 is -1.08. The molecule has 2 N–H and O–H groups in total. The van der Waals surface area contributed by atoms with Crippen molar-refractivity contribution in [2.75, 3.05) is 6.61 Å². The lowest BCUT2D eigenvalue weighted by Crippen LogP contribution is -2.03. The second-order valence-electron chi connectivity index (χ2n) is 1.81. The van der Waals surface area contributed by atoms with E-state index in [9.17, 15) is 0 Å². The van der Waals surface area contributed by atoms with Crippen LogP contribution in [0, 0.1) is 0 Å². The fourth-order valence-corrected chi connectivity index (χ4v) is 0. The van der Waals surface area contributed by atoms with E-state index in [0.717, 1.165) is 0 Å². The maximum Gasteiger partial charge on any atom is 0.187 e. The lowest BCUT2D eigenvalue weighted by Gasteiger charge is -1.94. The predicted octanol–water partition coefficient (Wildman–Crippen LogP) is 1.74. The Hall–Kier alpha value is 0.790. The van der Waals surface area contributed by atoms with Crippen molar-refractivity contribution in [2.45, 2.75) is 23.7 Å². The summed E-state index contributed by atoms with van der Waals surface area (Å²) in [4.78, 5) is 0. The van der Waals surface area contributed by atoms with Gasteiger partial charge < -0.3 is 10.2 Å². The molecule has 0 fully saturated rings. The maximum atomic E-state index is 8.11. The Morgan fingerprint density at radius 2 is 1.50 bits per heavy atom. The van der Waals surface area contributed by atoms with Crippen molar-refractivity contribution in [3.8, 4) is 0 Å². The summed E-state index contributed by atoms with van der Waals surface area (Å²) in [6.45, 7) is 2.87. The molecule has 0 aliphatic carbocycles. The molecule has 64 valence electrons. The zero-order valence-electron chi connectivity index (χ0n) is 5.81. The lowest BCUT2D eigenvalue weighted by atomic mass is 10.5. The van der Waals surface area contributed by atoms with Gasteiger partial charge in [-0.3, -0.25) is 0 Å². The molecule has 0 radical (unpaired) electrons. The van der Waals surface area contributed by atoms with Gasteiger partial charge in [0.25, 0.3) is 0 Å². The van der Waals surface area contributed by atoms with Crippen LogP contribution in [0.25, 0.3) is 0 Å². The first-order valence-corrected chi connectivity index (χ1v) is 3.76. The van der Waals surface area contributed by atoms with E-state index in [1.54, 1.807) is 0 Å². The van der Waals surface area contributed by atoms with Crippen molar-refractivity contribution in [2.24, 2.45) is 0 Å². The number of hydrogen-bond donors (Lipinski definition) is 2. The number of hydrogen-bond acceptors (Lipinski definition) is 2. The van der Waals surface area contributed by atoms with E-state index in [0.29, 0.717) is 0 Å². The fourth-order valence-electron chi connectivity index (χ4n) is 0. The van der Waals surface area contributed by atoms with E-state index in [1.165, 1.54) is 13.8 Å². The number of aliphatic hydroxyl groups is 2. The number of halogens is 3. The highest BCUT2D eigenvalue weighted by Gasteiger charge is 2.07. The van der Waals surface area contributed by atoms with Gasteiger partial charge in [-0.15, -0.1) is 0 Å². The zero-order chi connectivity index (χ0) is 8.78. The third kappa shape index (κ3) is 68.5. The van der Waals surface area contributed by atoms with Gasteiger partial charge in [-0.2, -0.15) is 0 Å². The third-order valence-electron chi connectivity index (χ3n) is 0.264. The van der Waals surface area contributed by atoms with Gasteiger partial charge in [0.05, 0.1) is 12.7 Å². The Morgan fingerprint density at radius 3 is 1.50 bits per heavy atom. The molecule has 1 atom stereocenters. The molecular formula is C5H11Cl3O2. The van der Waals surface area contributed by atoms with Crippen LogP contribution in [0.1, 0.15) is 13.8 Å². The van der Waals surface area contributed by atoms with Crippen LogP contribution in [0.3, 0.4) is 0 Å². The van der Waals surface area contributed by atoms with Crippen LogP contribution in [-0.2, 0) is 0 Å². The van der Waals surface area contributed by atoms with Gasteiger partial charge in [0.1, 0.15) is 0 Å². The van der Waals surface area contributed by atoms with E-state index in [4.69, 9.17) is 45.0 Å². The SMILES string of the molecule is CC(Cl)(Cl)Cl.CC(O)CO. The first kappa shape index (κ1) is 13.4. The average Bonchev–Trinajstić information content (AvgIpc) is 1.61. The van der Waals surface area contributed by atoms with Crippen molar-refractivity contribution in [1.29, 1.82) is 0 Å². The second-order valence-corrected chi connectivity index (χ2v) is 4.66. The highest BCUT2D eigenvalue weighted by Crippen LogP contribution is 2.23. The number of alkyl halides is 3. The van der Waals surface area contributed by atoms with E-state index < -0.39 is 9.90 Å². The van der Waals surface area contributed by atoms with Gasteiger partial charge in [-0.1, -0.05) is 34.8 Å². The van der Waals surface area contributed by atoms with Crippen LogP contribution in [-0.4, -0.2) is 26.7 Å². The molecule has 0 aliphatic rings. The van der Waals surface area contributed by atoms with Crippen LogP contribution in [0.15, 0.2) is 0 Å². The number of rotatable bonds is 1. The topological polar surface area (TPSA) is 40.5 Å². The minimum absolute atomic E-state index is 0.139. The molecule has 5 heteroatoms. The molecule has 0 amide bonds. The van der Waals surface area contributed by atoms with Gasteiger partial charge in [-0.25, -0.2) is 0 Å². The molecule has 0 aromatic carbocycles. The lowest BCUT2D eigenvalue weighted by molar-refractivity contribution is 0.110. The summed E-state index contributed by atoms with van der Waals surface area (Å²) in [7, 11) is 0. The monoisotopic (exact) mass is 208 g/mol. The number of aliphatic hydroxyl groups excluding tert-OH is 2. The quantitative estimate of drug-likeness (QED) is 0.646. The van der Waals surface area contributed by atoms with E-state index in [2.05, 4.69) is 0 Å². The van der Waals surface area contributed by atoms with Crippen LogP contribution in [0.4, 0.5) is 0 Å². The summed E-state index contributed by atoms with van der Waals surface area (Å²) in [6, 6.07) is 0. The van der Waals surface area contributed by atoms with Crippen LogP contribution < -0.4 is 0 Å². The van der Waals surface area contributed by atoms with E-state index >= 15 is 0 Å². The summed E-state index contributed by atoms with van der Waals surface area (Å²) >= 11 is 15.2. The Kier molecular flexibility index (Phi) is 8.70. The molecule has 0 heterocycles. The van der Waals surface area contributed by atoms with Crippen molar-refractivity contribution in [3.63, 3.8) is 0 Å². The summed E-state index contributed by atoms with van der Waals surface area (Å²) in [5.41, 5.74) is 0. The smallest absolute Gasteiger partial charge is 0.187 e. The molecule has 0 bridgehead atoms. The van der Waals surface area contributed by atoms with Gasteiger partial charge in [0, 0.05) is 0 Å². The summed E-state index contributed by atoms with van der Waals surface area (Å²) in [5.74, 6) is 0. The van der Waals surface area contributed by atoms with Gasteiger partial charge in [-0.05, 0) is 13.8 Å². The zero-order valence-corrected chi connectivity index (χ0v) is 8.08. The molecule has 0 aromatic rings. The van der Waals surface area contributed by atoms with Crippen molar-refractivity contribution < 1.29 is 10.2 Å². The van der Waals surface area contributed by atoms with Crippen molar-refractivity contribution in [1.82, 2.24) is 0 Å². The fraction of sp³-hybridized carbons (Fsp3) is 1.00. The highest BCUT2D eigenvalue weighted by molar-refractivity contribution is 6.67. The molecule has 0 saturated heterocycles. The minimum Gasteiger partial charge on any atom is -0.394 e. The van der Waals surface area contributed by atoms with Crippen LogP contribution in [0.5, 0.6) is 0 Å². The molecule has 0 rings (SSSR count). The third-order valence-corrected chi connectivity index (χ3v) is 0.264. The first-order chi connectivity index (χ1) is 4.27. The molecule has 0 spiro atoms. The summed E-state index contributed by atoms with van der Waals surface area (Å²) in [5, 5.41) is 16.0. The van der Waals surface area contributed by atoms with Crippen molar-refractivity contribution >= 4 is 34.8 Å².